The Morgan fingerprint density at radius 1 is 1.17 bits per heavy atom. The second-order valence-corrected chi connectivity index (χ2v) is 8.29. The zero-order valence-corrected chi connectivity index (χ0v) is 20.0. The number of aliphatic imine (C=N–C) groups is 2. The van der Waals surface area contributed by atoms with Crippen LogP contribution in [0.3, 0.4) is 0 Å². The minimum absolute atomic E-state index is 0.00599. The zero-order chi connectivity index (χ0) is 26.5. The molecule has 0 saturated heterocycles. The molecule has 0 aliphatic heterocycles. The lowest BCUT2D eigenvalue weighted by Crippen LogP contribution is -2.24. The van der Waals surface area contributed by atoms with Gasteiger partial charge in [-0.1, -0.05) is 0 Å². The fourth-order valence-electron chi connectivity index (χ4n) is 3.11. The number of benzene rings is 2. The van der Waals surface area contributed by atoms with Gasteiger partial charge in [-0.05, 0) is 68.4 Å². The third kappa shape index (κ3) is 7.42. The summed E-state index contributed by atoms with van der Waals surface area (Å²) >= 11 is 0. The number of amides is 3. The molecule has 11 heteroatoms. The fourth-order valence-corrected chi connectivity index (χ4v) is 3.11. The largest absolute Gasteiger partial charge is 0.439 e. The first kappa shape index (κ1) is 26.5. The van der Waals surface area contributed by atoms with Crippen LogP contribution in [-0.2, 0) is 10.7 Å². The third-order valence-corrected chi connectivity index (χ3v) is 5.18. The van der Waals surface area contributed by atoms with E-state index in [1.54, 1.807) is 25.1 Å². The number of nitrogens with one attached hydrogen (secondary N) is 3. The van der Waals surface area contributed by atoms with Crippen LogP contribution in [-0.4, -0.2) is 31.6 Å². The lowest BCUT2D eigenvalue weighted by molar-refractivity contribution is -0.121. The first-order valence-corrected chi connectivity index (χ1v) is 11.0. The van der Waals surface area contributed by atoms with Crippen molar-refractivity contribution in [2.24, 2.45) is 15.9 Å². The Labute approximate surface area is 206 Å². The summed E-state index contributed by atoms with van der Waals surface area (Å²) in [5.74, 6) is -3.53. The Bertz CT molecular complexity index is 1230. The van der Waals surface area contributed by atoms with Crippen LogP contribution >= 0.6 is 0 Å². The topological polar surface area (TPSA) is 104 Å². The average Bonchev–Trinajstić information content (AvgIpc) is 3.64. The van der Waals surface area contributed by atoms with Gasteiger partial charge in [0.25, 0.3) is 5.92 Å². The molecule has 8 nitrogen and oxygen atoms in total. The van der Waals surface area contributed by atoms with Crippen molar-refractivity contribution < 1.29 is 27.5 Å². The molecule has 1 fully saturated rings. The maximum absolute atomic E-state index is 13.7. The quantitative estimate of drug-likeness (QED) is 0.335. The van der Waals surface area contributed by atoms with Crippen LogP contribution in [0.5, 0.6) is 5.75 Å². The number of hydrogen-bond acceptors (Lipinski definition) is 5. The lowest BCUT2D eigenvalue weighted by Gasteiger charge is -2.14. The minimum atomic E-state index is -3.26. The van der Waals surface area contributed by atoms with Crippen LogP contribution in [0.15, 0.2) is 58.3 Å². The molecule has 36 heavy (non-hydrogen) atoms. The van der Waals surface area contributed by atoms with Crippen molar-refractivity contribution in [3.63, 3.8) is 0 Å². The number of nitrogens with zero attached hydrogens (tertiary/aromatic N) is 2. The van der Waals surface area contributed by atoms with Crippen LogP contribution in [0.4, 0.5) is 29.3 Å². The van der Waals surface area contributed by atoms with Crippen molar-refractivity contribution in [3.8, 4) is 5.75 Å². The molecular formula is C25H26F3N5O3. The molecule has 3 amide bonds. The number of anilines is 2. The van der Waals surface area contributed by atoms with Crippen molar-refractivity contribution in [3.05, 3.63) is 65.2 Å². The molecule has 0 atom stereocenters. The van der Waals surface area contributed by atoms with E-state index in [0.29, 0.717) is 30.0 Å². The van der Waals surface area contributed by atoms with Gasteiger partial charge in [0.1, 0.15) is 17.4 Å². The van der Waals surface area contributed by atoms with Gasteiger partial charge >= 0.3 is 6.03 Å². The number of urea groups is 1. The summed E-state index contributed by atoms with van der Waals surface area (Å²) in [6, 6.07) is 6.70. The minimum Gasteiger partial charge on any atom is -0.439 e. The van der Waals surface area contributed by atoms with E-state index in [9.17, 15) is 22.8 Å². The molecule has 0 unspecified atom stereocenters. The maximum atomic E-state index is 13.7. The SMILES string of the molecule is C=N/C(=C\C(=NC)Oc1ccc(NC(=O)Nc2cc(F)cc(C(C)(F)F)c2)c(C)c1)NC(=O)C1CC1. The first-order chi connectivity index (χ1) is 17.0. The number of halogens is 3. The summed E-state index contributed by atoms with van der Waals surface area (Å²) in [4.78, 5) is 32.1. The molecule has 0 spiro atoms. The molecule has 2 aromatic rings. The summed E-state index contributed by atoms with van der Waals surface area (Å²) in [7, 11) is 1.51. The van der Waals surface area contributed by atoms with Crippen LogP contribution in [0.25, 0.3) is 0 Å². The maximum Gasteiger partial charge on any atom is 0.323 e. The number of alkyl halides is 2. The lowest BCUT2D eigenvalue weighted by atomic mass is 10.1. The molecule has 0 aromatic heterocycles. The molecule has 2 aromatic carbocycles. The van der Waals surface area contributed by atoms with Gasteiger partial charge < -0.3 is 20.7 Å². The number of carbonyl (C=O) groups excluding carboxylic acids is 2. The monoisotopic (exact) mass is 501 g/mol. The number of carbonyl (C=O) groups is 2. The van der Waals surface area contributed by atoms with E-state index in [1.165, 1.54) is 13.1 Å². The van der Waals surface area contributed by atoms with E-state index < -0.39 is 23.3 Å². The molecule has 0 heterocycles. The highest BCUT2D eigenvalue weighted by Crippen LogP contribution is 2.30. The van der Waals surface area contributed by atoms with Gasteiger partial charge in [-0.25, -0.2) is 23.0 Å². The van der Waals surface area contributed by atoms with Crippen molar-refractivity contribution in [2.75, 3.05) is 17.7 Å². The van der Waals surface area contributed by atoms with Crippen molar-refractivity contribution in [1.82, 2.24) is 5.32 Å². The normalized spacial score (nSPS) is 14.2. The molecule has 3 N–H and O–H groups in total. The molecule has 1 saturated carbocycles. The third-order valence-electron chi connectivity index (χ3n) is 5.18. The second-order valence-electron chi connectivity index (χ2n) is 8.29. The second kappa shape index (κ2) is 11.1. The summed E-state index contributed by atoms with van der Waals surface area (Å²) in [5, 5.41) is 7.60. The van der Waals surface area contributed by atoms with E-state index in [2.05, 4.69) is 32.7 Å². The zero-order valence-electron chi connectivity index (χ0n) is 20.0. The van der Waals surface area contributed by atoms with Crippen molar-refractivity contribution in [1.29, 1.82) is 0 Å². The Hall–Kier alpha value is -4.15. The predicted molar refractivity (Wildman–Crippen MR) is 132 cm³/mol. The van der Waals surface area contributed by atoms with Gasteiger partial charge in [0.05, 0.1) is 0 Å². The molecule has 1 aliphatic carbocycles. The fraction of sp³-hybridized carbons (Fsp3) is 0.280. The highest BCUT2D eigenvalue weighted by molar-refractivity contribution is 6.00. The van der Waals surface area contributed by atoms with Gasteiger partial charge in [0, 0.05) is 42.9 Å². The van der Waals surface area contributed by atoms with Crippen LogP contribution in [0, 0.1) is 18.7 Å². The highest BCUT2D eigenvalue weighted by Gasteiger charge is 2.30. The van der Waals surface area contributed by atoms with Crippen LogP contribution in [0.2, 0.25) is 0 Å². The number of hydrogen-bond donors (Lipinski definition) is 3. The summed E-state index contributed by atoms with van der Waals surface area (Å²) in [6.45, 7) is 5.80. The number of rotatable bonds is 8. The van der Waals surface area contributed by atoms with Gasteiger partial charge in [-0.2, -0.15) is 0 Å². The van der Waals surface area contributed by atoms with Crippen LogP contribution in [0.1, 0.15) is 30.9 Å². The molecule has 1 aliphatic rings. The van der Waals surface area contributed by atoms with E-state index in [1.807, 2.05) is 0 Å². The van der Waals surface area contributed by atoms with Gasteiger partial charge in [0.15, 0.2) is 0 Å². The van der Waals surface area contributed by atoms with Gasteiger partial charge in [-0.15, -0.1) is 0 Å². The first-order valence-electron chi connectivity index (χ1n) is 11.0. The van der Waals surface area contributed by atoms with Crippen LogP contribution < -0.4 is 20.7 Å². The Morgan fingerprint density at radius 2 is 1.89 bits per heavy atom. The molecule has 190 valence electrons. The van der Waals surface area contributed by atoms with E-state index in [4.69, 9.17) is 4.74 Å². The highest BCUT2D eigenvalue weighted by atomic mass is 19.3. The smallest absolute Gasteiger partial charge is 0.323 e. The number of aryl methyl sites for hydroxylation is 1. The Morgan fingerprint density at radius 3 is 2.47 bits per heavy atom. The van der Waals surface area contributed by atoms with Gasteiger partial charge in [0.2, 0.25) is 11.8 Å². The molecule has 0 radical (unpaired) electrons. The molecule has 0 bridgehead atoms. The summed E-state index contributed by atoms with van der Waals surface area (Å²) < 4.78 is 46.5. The summed E-state index contributed by atoms with van der Waals surface area (Å²) in [5.41, 5.74) is 0.358. The number of ether oxygens (including phenoxy) is 1. The van der Waals surface area contributed by atoms with Crippen molar-refractivity contribution in [2.45, 2.75) is 32.6 Å². The Balaban J connectivity index is 1.65. The van der Waals surface area contributed by atoms with E-state index in [-0.39, 0.29) is 29.2 Å². The van der Waals surface area contributed by atoms with Crippen molar-refractivity contribution >= 4 is 35.9 Å². The Kier molecular flexibility index (Phi) is 8.13. The summed E-state index contributed by atoms with van der Waals surface area (Å²) in [6.07, 6.45) is 3.13. The standard InChI is InChI=1S/C25H26F3N5O3/c1-14-9-19(36-22(30-4)13-21(29-3)33-23(34)15-5-6-15)7-8-20(14)32-24(35)31-18-11-16(25(2,27)28)10-17(26)12-18/h7-13,15H,3,5-6H2,1-2,4H3,(H,33,34)(H2,31,32,35)/b21-13+,30-22?. The predicted octanol–water partition coefficient (Wildman–Crippen LogP) is 5.37. The molecular weight excluding hydrogens is 475 g/mol. The van der Waals surface area contributed by atoms with Gasteiger partial charge in [-0.3, -0.25) is 9.79 Å². The van der Waals surface area contributed by atoms with E-state index >= 15 is 0 Å². The molecule has 3 rings (SSSR count). The van der Waals surface area contributed by atoms with E-state index in [0.717, 1.165) is 25.0 Å². The average molecular weight is 502 g/mol.